The summed E-state index contributed by atoms with van der Waals surface area (Å²) in [7, 11) is 0. The smallest absolute Gasteiger partial charge is 0.123 e. The largest absolute Gasteiger partial charge is 0.380 e. The lowest BCUT2D eigenvalue weighted by Gasteiger charge is -2.32. The van der Waals surface area contributed by atoms with E-state index in [4.69, 9.17) is 0 Å². The summed E-state index contributed by atoms with van der Waals surface area (Å²) in [6, 6.07) is 22.3. The van der Waals surface area contributed by atoms with Gasteiger partial charge in [-0.3, -0.25) is 4.90 Å². The van der Waals surface area contributed by atoms with E-state index in [1.807, 2.05) is 18.2 Å². The van der Waals surface area contributed by atoms with Gasteiger partial charge in [-0.25, -0.2) is 8.78 Å². The number of benzene rings is 3. The average molecular weight is 393 g/mol. The Hall–Kier alpha value is -2.56. The molecule has 1 aliphatic heterocycles. The number of likely N-dealkylation sites (tertiary alicyclic amines) is 1. The normalized spacial score (nSPS) is 17.6. The van der Waals surface area contributed by atoms with Crippen molar-refractivity contribution in [2.45, 2.75) is 25.0 Å². The predicted octanol–water partition coefficient (Wildman–Crippen LogP) is 5.11. The molecule has 1 heterocycles. The van der Waals surface area contributed by atoms with Crippen molar-refractivity contribution in [3.05, 3.63) is 107 Å². The minimum atomic E-state index is -1.28. The summed E-state index contributed by atoms with van der Waals surface area (Å²) in [4.78, 5) is 2.40. The molecule has 0 aromatic heterocycles. The van der Waals surface area contributed by atoms with Crippen LogP contribution in [-0.4, -0.2) is 23.1 Å². The number of rotatable bonds is 6. The van der Waals surface area contributed by atoms with Crippen LogP contribution < -0.4 is 0 Å². The molecule has 4 heteroatoms. The molecule has 150 valence electrons. The van der Waals surface area contributed by atoms with E-state index in [1.165, 1.54) is 29.8 Å². The molecule has 3 aromatic rings. The molecule has 1 aliphatic rings. The molecule has 0 amide bonds. The second-order valence-electron chi connectivity index (χ2n) is 7.95. The Labute approximate surface area is 170 Å². The summed E-state index contributed by atoms with van der Waals surface area (Å²) in [6.45, 7) is 2.75. The van der Waals surface area contributed by atoms with Crippen molar-refractivity contribution in [2.75, 3.05) is 13.1 Å². The zero-order valence-corrected chi connectivity index (χ0v) is 16.3. The minimum Gasteiger partial charge on any atom is -0.380 e. The van der Waals surface area contributed by atoms with E-state index in [2.05, 4.69) is 17.0 Å². The Morgan fingerprint density at radius 2 is 1.38 bits per heavy atom. The van der Waals surface area contributed by atoms with Crippen molar-refractivity contribution >= 4 is 0 Å². The van der Waals surface area contributed by atoms with E-state index >= 15 is 0 Å². The lowest BCUT2D eigenvalue weighted by Crippen LogP contribution is -2.31. The fourth-order valence-electron chi connectivity index (χ4n) is 4.34. The Kier molecular flexibility index (Phi) is 5.74. The summed E-state index contributed by atoms with van der Waals surface area (Å²) in [5.74, 6) is -0.394. The molecule has 29 heavy (non-hydrogen) atoms. The standard InChI is InChI=1S/C25H25F2NO/c26-23-10-6-21(7-11-23)25(29,22-8-12-24(27)13-9-22)16-20-14-15-28(18-20)17-19-4-2-1-3-5-19/h1-13,20,29H,14-18H2. The van der Waals surface area contributed by atoms with Crippen LogP contribution in [0, 0.1) is 17.6 Å². The number of hydrogen-bond donors (Lipinski definition) is 1. The molecule has 0 radical (unpaired) electrons. The van der Waals surface area contributed by atoms with Crippen LogP contribution in [0.3, 0.4) is 0 Å². The van der Waals surface area contributed by atoms with Crippen LogP contribution in [0.15, 0.2) is 78.9 Å². The van der Waals surface area contributed by atoms with E-state index in [0.717, 1.165) is 26.1 Å². The van der Waals surface area contributed by atoms with Crippen molar-refractivity contribution in [2.24, 2.45) is 5.92 Å². The van der Waals surface area contributed by atoms with Crippen molar-refractivity contribution in [1.29, 1.82) is 0 Å². The van der Waals surface area contributed by atoms with E-state index in [0.29, 0.717) is 23.5 Å². The maximum Gasteiger partial charge on any atom is 0.123 e. The topological polar surface area (TPSA) is 23.5 Å². The minimum absolute atomic E-state index is 0.291. The number of halogens is 2. The first kappa shape index (κ1) is 19.7. The molecule has 1 fully saturated rings. The van der Waals surface area contributed by atoms with E-state index in [1.54, 1.807) is 24.3 Å². The highest BCUT2D eigenvalue weighted by Crippen LogP contribution is 2.38. The van der Waals surface area contributed by atoms with Gasteiger partial charge in [-0.05, 0) is 66.3 Å². The Morgan fingerprint density at radius 1 is 0.828 bits per heavy atom. The van der Waals surface area contributed by atoms with Gasteiger partial charge in [0.05, 0.1) is 0 Å². The Morgan fingerprint density at radius 3 is 1.93 bits per heavy atom. The second-order valence-corrected chi connectivity index (χ2v) is 7.95. The summed E-state index contributed by atoms with van der Waals surface area (Å²) < 4.78 is 26.9. The molecule has 4 rings (SSSR count). The highest BCUT2D eigenvalue weighted by Gasteiger charge is 2.37. The van der Waals surface area contributed by atoms with Gasteiger partial charge in [0.2, 0.25) is 0 Å². The quantitative estimate of drug-likeness (QED) is 0.629. The van der Waals surface area contributed by atoms with Gasteiger partial charge in [0, 0.05) is 13.1 Å². The van der Waals surface area contributed by atoms with Gasteiger partial charge in [-0.1, -0.05) is 54.6 Å². The van der Waals surface area contributed by atoms with E-state index in [-0.39, 0.29) is 11.6 Å². The number of hydrogen-bond acceptors (Lipinski definition) is 2. The molecule has 3 aromatic carbocycles. The second kappa shape index (κ2) is 8.44. The lowest BCUT2D eigenvalue weighted by atomic mass is 9.79. The summed E-state index contributed by atoms with van der Waals surface area (Å²) in [6.07, 6.45) is 1.49. The third-order valence-electron chi connectivity index (χ3n) is 5.85. The first-order valence-corrected chi connectivity index (χ1v) is 10.0. The summed E-state index contributed by atoms with van der Waals surface area (Å²) in [5.41, 5.74) is 1.26. The molecular formula is C25H25F2NO. The SMILES string of the molecule is OC(CC1CCN(Cc2ccccc2)C1)(c1ccc(F)cc1)c1ccc(F)cc1. The maximum absolute atomic E-state index is 13.5. The Bertz CT molecular complexity index is 880. The third kappa shape index (κ3) is 4.55. The van der Waals surface area contributed by atoms with Crippen molar-refractivity contribution in [3.63, 3.8) is 0 Å². The van der Waals surface area contributed by atoms with Crippen LogP contribution >= 0.6 is 0 Å². The first-order valence-electron chi connectivity index (χ1n) is 10.0. The fourth-order valence-corrected chi connectivity index (χ4v) is 4.34. The van der Waals surface area contributed by atoms with Crippen LogP contribution in [0.5, 0.6) is 0 Å². The average Bonchev–Trinajstić information content (AvgIpc) is 3.16. The summed E-state index contributed by atoms with van der Waals surface area (Å²) >= 11 is 0. The van der Waals surface area contributed by atoms with Crippen LogP contribution in [-0.2, 0) is 12.1 Å². The molecule has 0 bridgehead atoms. The molecule has 1 N–H and O–H groups in total. The van der Waals surface area contributed by atoms with Gasteiger partial charge in [0.1, 0.15) is 17.2 Å². The van der Waals surface area contributed by atoms with Crippen LogP contribution in [0.4, 0.5) is 8.78 Å². The molecule has 1 atom stereocenters. The highest BCUT2D eigenvalue weighted by molar-refractivity contribution is 5.36. The molecule has 0 aliphatic carbocycles. The fraction of sp³-hybridized carbons (Fsp3) is 0.280. The van der Waals surface area contributed by atoms with Crippen LogP contribution in [0.2, 0.25) is 0 Å². The van der Waals surface area contributed by atoms with Crippen LogP contribution in [0.25, 0.3) is 0 Å². The molecule has 1 saturated heterocycles. The van der Waals surface area contributed by atoms with Gasteiger partial charge in [0.15, 0.2) is 0 Å². The van der Waals surface area contributed by atoms with Crippen molar-refractivity contribution in [3.8, 4) is 0 Å². The van der Waals surface area contributed by atoms with Gasteiger partial charge in [-0.2, -0.15) is 0 Å². The first-order chi connectivity index (χ1) is 14.0. The summed E-state index contributed by atoms with van der Waals surface area (Å²) in [5, 5.41) is 11.7. The van der Waals surface area contributed by atoms with E-state index < -0.39 is 5.60 Å². The van der Waals surface area contributed by atoms with Gasteiger partial charge in [-0.15, -0.1) is 0 Å². The molecule has 0 saturated carbocycles. The van der Waals surface area contributed by atoms with E-state index in [9.17, 15) is 13.9 Å². The highest BCUT2D eigenvalue weighted by atomic mass is 19.1. The number of nitrogens with zero attached hydrogens (tertiary/aromatic N) is 1. The predicted molar refractivity (Wildman–Crippen MR) is 110 cm³/mol. The van der Waals surface area contributed by atoms with Crippen molar-refractivity contribution < 1.29 is 13.9 Å². The van der Waals surface area contributed by atoms with Crippen molar-refractivity contribution in [1.82, 2.24) is 4.90 Å². The molecular weight excluding hydrogens is 368 g/mol. The van der Waals surface area contributed by atoms with Crippen LogP contribution in [0.1, 0.15) is 29.5 Å². The Balaban J connectivity index is 1.54. The lowest BCUT2D eigenvalue weighted by molar-refractivity contribution is 0.0530. The zero-order chi connectivity index (χ0) is 20.3. The van der Waals surface area contributed by atoms with Gasteiger partial charge < -0.3 is 5.11 Å². The molecule has 1 unspecified atom stereocenters. The molecule has 2 nitrogen and oxygen atoms in total. The van der Waals surface area contributed by atoms with Gasteiger partial charge >= 0.3 is 0 Å². The monoisotopic (exact) mass is 393 g/mol. The maximum atomic E-state index is 13.5. The number of aliphatic hydroxyl groups is 1. The zero-order valence-electron chi connectivity index (χ0n) is 16.3. The third-order valence-corrected chi connectivity index (χ3v) is 5.85. The molecule has 0 spiro atoms. The van der Waals surface area contributed by atoms with Gasteiger partial charge in [0.25, 0.3) is 0 Å².